The second-order valence-electron chi connectivity index (χ2n) is 6.98. The molecule has 0 unspecified atom stereocenters. The van der Waals surface area contributed by atoms with Crippen LogP contribution in [-0.4, -0.2) is 11.4 Å². The molecule has 0 aliphatic carbocycles. The number of nitrogens with one attached hydrogen (secondary N) is 2. The Hall–Kier alpha value is -3.42. The third-order valence-corrected chi connectivity index (χ3v) is 4.19. The van der Waals surface area contributed by atoms with Gasteiger partial charge in [0.15, 0.2) is 23.3 Å². The monoisotopic (exact) mass is 416 g/mol. The average molecular weight is 416 g/mol. The Morgan fingerprint density at radius 2 is 0.900 bits per heavy atom. The molecule has 4 nitrogen and oxygen atoms in total. The van der Waals surface area contributed by atoms with Crippen molar-refractivity contribution in [2.45, 2.75) is 27.7 Å². The van der Waals surface area contributed by atoms with Crippen molar-refractivity contribution in [3.8, 4) is 0 Å². The predicted molar refractivity (Wildman–Crippen MR) is 113 cm³/mol. The van der Waals surface area contributed by atoms with E-state index in [0.29, 0.717) is 22.8 Å². The lowest BCUT2D eigenvalue weighted by atomic mass is 10.2. The molecule has 0 aromatic heterocycles. The SMILES string of the molecule is CC1=Nc2cc(F)c(F)cc2N/C(C)=C\C(C)=Nc2cc(F)c(F)cc2N/C(C)=C\1. The van der Waals surface area contributed by atoms with Gasteiger partial charge >= 0.3 is 0 Å². The van der Waals surface area contributed by atoms with Crippen molar-refractivity contribution in [1.29, 1.82) is 0 Å². The number of rotatable bonds is 0. The van der Waals surface area contributed by atoms with Crippen LogP contribution in [0.5, 0.6) is 0 Å². The van der Waals surface area contributed by atoms with E-state index in [1.165, 1.54) is 0 Å². The van der Waals surface area contributed by atoms with Crippen molar-refractivity contribution in [3.05, 3.63) is 71.1 Å². The van der Waals surface area contributed by atoms with Gasteiger partial charge < -0.3 is 10.6 Å². The summed E-state index contributed by atoms with van der Waals surface area (Å²) >= 11 is 0. The van der Waals surface area contributed by atoms with Gasteiger partial charge in [0, 0.05) is 47.1 Å². The summed E-state index contributed by atoms with van der Waals surface area (Å²) in [4.78, 5) is 8.72. The van der Waals surface area contributed by atoms with Crippen LogP contribution in [0.2, 0.25) is 0 Å². The van der Waals surface area contributed by atoms with E-state index in [2.05, 4.69) is 20.6 Å². The lowest BCUT2D eigenvalue weighted by molar-refractivity contribution is 0.509. The van der Waals surface area contributed by atoms with Crippen LogP contribution in [0.1, 0.15) is 27.7 Å². The van der Waals surface area contributed by atoms with Crippen LogP contribution in [0.15, 0.2) is 57.8 Å². The van der Waals surface area contributed by atoms with Gasteiger partial charge in [-0.15, -0.1) is 0 Å². The molecule has 0 fully saturated rings. The summed E-state index contributed by atoms with van der Waals surface area (Å²) < 4.78 is 55.2. The molecule has 0 saturated heterocycles. The van der Waals surface area contributed by atoms with Gasteiger partial charge in [0.05, 0.1) is 22.7 Å². The van der Waals surface area contributed by atoms with Gasteiger partial charge in [-0.3, -0.25) is 9.98 Å². The summed E-state index contributed by atoms with van der Waals surface area (Å²) in [6.07, 6.45) is 3.28. The molecule has 1 aliphatic rings. The maximum atomic E-state index is 13.8. The van der Waals surface area contributed by atoms with E-state index in [-0.39, 0.29) is 22.7 Å². The quantitative estimate of drug-likeness (QED) is 0.466. The van der Waals surface area contributed by atoms with Crippen molar-refractivity contribution < 1.29 is 17.6 Å². The van der Waals surface area contributed by atoms with E-state index in [4.69, 9.17) is 0 Å². The van der Waals surface area contributed by atoms with Crippen LogP contribution in [-0.2, 0) is 0 Å². The van der Waals surface area contributed by atoms with Crippen LogP contribution in [0.4, 0.5) is 40.3 Å². The first-order chi connectivity index (χ1) is 14.1. The maximum Gasteiger partial charge on any atom is 0.161 e. The van der Waals surface area contributed by atoms with E-state index >= 15 is 0 Å². The van der Waals surface area contributed by atoms with Gasteiger partial charge in [0.25, 0.3) is 0 Å². The fourth-order valence-electron chi connectivity index (χ4n) is 3.03. The van der Waals surface area contributed by atoms with Gasteiger partial charge in [-0.25, -0.2) is 17.6 Å². The van der Waals surface area contributed by atoms with E-state index in [9.17, 15) is 17.6 Å². The second-order valence-corrected chi connectivity index (χ2v) is 6.98. The summed E-state index contributed by atoms with van der Waals surface area (Å²) in [5, 5.41) is 5.97. The minimum Gasteiger partial charge on any atom is -0.357 e. The number of hydrogen-bond donors (Lipinski definition) is 2. The summed E-state index contributed by atoms with van der Waals surface area (Å²) in [6.45, 7) is 6.78. The smallest absolute Gasteiger partial charge is 0.161 e. The van der Waals surface area contributed by atoms with Crippen molar-refractivity contribution >= 4 is 34.2 Å². The van der Waals surface area contributed by atoms with Gasteiger partial charge in [-0.2, -0.15) is 0 Å². The Kier molecular flexibility index (Phi) is 6.05. The molecular weight excluding hydrogens is 396 g/mol. The first-order valence-electron chi connectivity index (χ1n) is 9.11. The zero-order valence-electron chi connectivity index (χ0n) is 16.9. The first-order valence-corrected chi connectivity index (χ1v) is 9.11. The highest BCUT2D eigenvalue weighted by Crippen LogP contribution is 2.31. The predicted octanol–water partition coefficient (Wildman–Crippen LogP) is 6.77. The number of anilines is 2. The number of halogens is 4. The number of aliphatic imine (C=N–C) groups is 2. The van der Waals surface area contributed by atoms with Crippen molar-refractivity contribution in [2.75, 3.05) is 10.6 Å². The molecule has 2 N–H and O–H groups in total. The third kappa shape index (κ3) is 4.94. The van der Waals surface area contributed by atoms with E-state index in [1.54, 1.807) is 39.8 Å². The Morgan fingerprint density at radius 1 is 0.567 bits per heavy atom. The minimum atomic E-state index is -1.02. The van der Waals surface area contributed by atoms with E-state index < -0.39 is 23.3 Å². The van der Waals surface area contributed by atoms with Crippen LogP contribution >= 0.6 is 0 Å². The second kappa shape index (κ2) is 8.52. The summed E-state index contributed by atoms with van der Waals surface area (Å²) in [5.41, 5.74) is 3.08. The Bertz CT molecular complexity index is 1040. The Balaban J connectivity index is 2.20. The zero-order valence-corrected chi connectivity index (χ0v) is 16.9. The Labute approximate surface area is 171 Å². The number of fused-ring (bicyclic) bond motifs is 2. The fraction of sp³-hybridized carbons (Fsp3) is 0.182. The van der Waals surface area contributed by atoms with Gasteiger partial charge in [-0.1, -0.05) is 0 Å². The highest BCUT2D eigenvalue weighted by molar-refractivity contribution is 5.98. The topological polar surface area (TPSA) is 48.8 Å². The molecule has 0 radical (unpaired) electrons. The summed E-state index contributed by atoms with van der Waals surface area (Å²) in [7, 11) is 0. The highest BCUT2D eigenvalue weighted by Gasteiger charge is 2.13. The van der Waals surface area contributed by atoms with Gasteiger partial charge in [0.2, 0.25) is 0 Å². The molecular formula is C22H20F4N4. The molecule has 156 valence electrons. The van der Waals surface area contributed by atoms with Gasteiger partial charge in [-0.05, 0) is 39.8 Å². The standard InChI is InChI=1S/C22H20F4N4/c1-11-5-12(2)28-21-9-17(25)18(26)10-22(21)30-14(4)6-13(3)29-20-8-16(24)15(23)7-19(20)27-11/h5-10,27,30H,1-4H3/b11-5-,14-6-,28-12?,29-13?. The molecule has 1 heterocycles. The van der Waals surface area contributed by atoms with Crippen LogP contribution in [0, 0.1) is 23.3 Å². The highest BCUT2D eigenvalue weighted by atomic mass is 19.2. The maximum absolute atomic E-state index is 13.8. The zero-order chi connectivity index (χ0) is 22.0. The number of allylic oxidation sites excluding steroid dienone is 4. The van der Waals surface area contributed by atoms with Crippen LogP contribution in [0.3, 0.4) is 0 Å². The lowest BCUT2D eigenvalue weighted by Crippen LogP contribution is -2.03. The van der Waals surface area contributed by atoms with Crippen LogP contribution < -0.4 is 10.6 Å². The normalized spacial score (nSPS) is 18.1. The molecule has 2 aromatic carbocycles. The molecule has 0 spiro atoms. The van der Waals surface area contributed by atoms with E-state index in [0.717, 1.165) is 24.3 Å². The molecule has 3 rings (SSSR count). The number of hydrogen-bond acceptors (Lipinski definition) is 4. The van der Waals surface area contributed by atoms with Crippen molar-refractivity contribution in [2.24, 2.45) is 9.98 Å². The van der Waals surface area contributed by atoms with Crippen molar-refractivity contribution in [3.63, 3.8) is 0 Å². The van der Waals surface area contributed by atoms with Crippen molar-refractivity contribution in [1.82, 2.24) is 0 Å². The molecule has 2 aromatic rings. The molecule has 0 bridgehead atoms. The molecule has 0 saturated carbocycles. The molecule has 0 amide bonds. The number of benzene rings is 2. The average Bonchev–Trinajstić information content (AvgIpc) is 2.62. The summed E-state index contributed by atoms with van der Waals surface area (Å²) in [5.74, 6) is -4.04. The molecule has 0 atom stereocenters. The molecule has 8 heteroatoms. The summed E-state index contributed by atoms with van der Waals surface area (Å²) in [6, 6.07) is 4.06. The van der Waals surface area contributed by atoms with E-state index in [1.807, 2.05) is 0 Å². The first kappa shape index (κ1) is 21.3. The number of nitrogens with zero attached hydrogens (tertiary/aromatic N) is 2. The third-order valence-electron chi connectivity index (χ3n) is 4.19. The Morgan fingerprint density at radius 3 is 1.27 bits per heavy atom. The largest absolute Gasteiger partial charge is 0.357 e. The molecule has 1 aliphatic heterocycles. The van der Waals surface area contributed by atoms with Gasteiger partial charge in [0.1, 0.15) is 0 Å². The fourth-order valence-corrected chi connectivity index (χ4v) is 3.03. The van der Waals surface area contributed by atoms with Crippen LogP contribution in [0.25, 0.3) is 0 Å². The minimum absolute atomic E-state index is 0.211. The lowest BCUT2D eigenvalue weighted by Gasteiger charge is -2.14. The molecule has 30 heavy (non-hydrogen) atoms.